The van der Waals surface area contributed by atoms with Crippen LogP contribution < -0.4 is 16.0 Å². The Labute approximate surface area is 115 Å². The molecule has 0 unspecified atom stereocenters. The molecule has 0 atom stereocenters. The molecule has 0 fully saturated rings. The molecule has 0 amide bonds. The van der Waals surface area contributed by atoms with Crippen molar-refractivity contribution in [2.45, 2.75) is 11.8 Å². The van der Waals surface area contributed by atoms with E-state index in [4.69, 9.17) is 0 Å². The van der Waals surface area contributed by atoms with Gasteiger partial charge in [-0.1, -0.05) is 17.7 Å². The molecule has 8 heteroatoms. The number of sulfonamides is 1. The number of aromatic nitrogens is 2. The molecule has 0 saturated heterocycles. The predicted octanol–water partition coefficient (Wildman–Crippen LogP) is 0.183. The normalized spacial score (nSPS) is 11.3. The van der Waals surface area contributed by atoms with Gasteiger partial charge >= 0.3 is 5.69 Å². The summed E-state index contributed by atoms with van der Waals surface area (Å²) in [6.45, 7) is 1.84. The number of nitrogens with zero attached hydrogens (tertiary/aromatic N) is 1. The number of hydrogen-bond acceptors (Lipinski definition) is 4. The van der Waals surface area contributed by atoms with Crippen molar-refractivity contribution in [1.29, 1.82) is 0 Å². The van der Waals surface area contributed by atoms with Crippen LogP contribution in [0, 0.1) is 6.92 Å². The van der Waals surface area contributed by atoms with Crippen molar-refractivity contribution in [1.82, 2.24) is 9.55 Å². The summed E-state index contributed by atoms with van der Waals surface area (Å²) >= 11 is 0. The fourth-order valence-corrected chi connectivity index (χ4v) is 2.65. The average molecular weight is 295 g/mol. The second-order valence-corrected chi connectivity index (χ2v) is 5.98. The SMILES string of the molecule is Cc1ccc(S(=O)(=O)Nc2cc(=O)[nH]c(=O)n2C)cc1. The van der Waals surface area contributed by atoms with Gasteiger partial charge < -0.3 is 0 Å². The maximum atomic E-state index is 12.1. The summed E-state index contributed by atoms with van der Waals surface area (Å²) in [6, 6.07) is 7.22. The van der Waals surface area contributed by atoms with E-state index in [9.17, 15) is 18.0 Å². The van der Waals surface area contributed by atoms with E-state index in [-0.39, 0.29) is 10.7 Å². The largest absolute Gasteiger partial charge is 0.329 e. The highest BCUT2D eigenvalue weighted by Crippen LogP contribution is 2.14. The molecule has 0 aliphatic carbocycles. The van der Waals surface area contributed by atoms with Crippen LogP contribution in [0.4, 0.5) is 5.82 Å². The fourth-order valence-electron chi connectivity index (χ4n) is 1.57. The van der Waals surface area contributed by atoms with Crippen LogP contribution in [-0.2, 0) is 17.1 Å². The molecular weight excluding hydrogens is 282 g/mol. The van der Waals surface area contributed by atoms with Crippen LogP contribution in [-0.4, -0.2) is 18.0 Å². The van der Waals surface area contributed by atoms with Crippen molar-refractivity contribution >= 4 is 15.8 Å². The van der Waals surface area contributed by atoms with Gasteiger partial charge in [-0.15, -0.1) is 0 Å². The molecule has 2 N–H and O–H groups in total. The van der Waals surface area contributed by atoms with E-state index in [1.54, 1.807) is 12.1 Å². The fraction of sp³-hybridized carbons (Fsp3) is 0.167. The molecule has 106 valence electrons. The lowest BCUT2D eigenvalue weighted by molar-refractivity contribution is 0.600. The zero-order chi connectivity index (χ0) is 14.9. The molecule has 7 nitrogen and oxygen atoms in total. The lowest BCUT2D eigenvalue weighted by Crippen LogP contribution is -2.31. The van der Waals surface area contributed by atoms with Crippen molar-refractivity contribution in [2.24, 2.45) is 7.05 Å². The Morgan fingerprint density at radius 2 is 1.75 bits per heavy atom. The third-order valence-electron chi connectivity index (χ3n) is 2.73. The number of anilines is 1. The van der Waals surface area contributed by atoms with Crippen molar-refractivity contribution < 1.29 is 8.42 Å². The van der Waals surface area contributed by atoms with Crippen LogP contribution in [0.5, 0.6) is 0 Å². The molecule has 20 heavy (non-hydrogen) atoms. The minimum Gasteiger partial charge on any atom is -0.282 e. The molecule has 0 saturated carbocycles. The summed E-state index contributed by atoms with van der Waals surface area (Å²) in [5, 5.41) is 0. The maximum absolute atomic E-state index is 12.1. The van der Waals surface area contributed by atoms with Crippen molar-refractivity contribution in [3.05, 3.63) is 56.7 Å². The van der Waals surface area contributed by atoms with E-state index in [2.05, 4.69) is 4.72 Å². The zero-order valence-electron chi connectivity index (χ0n) is 10.9. The van der Waals surface area contributed by atoms with Gasteiger partial charge in [0.15, 0.2) is 0 Å². The quantitative estimate of drug-likeness (QED) is 0.843. The first-order valence-electron chi connectivity index (χ1n) is 5.69. The van der Waals surface area contributed by atoms with Crippen LogP contribution in [0.25, 0.3) is 0 Å². The molecule has 2 rings (SSSR count). The Morgan fingerprint density at radius 3 is 2.35 bits per heavy atom. The summed E-state index contributed by atoms with van der Waals surface area (Å²) in [6.07, 6.45) is 0. The number of aryl methyl sites for hydroxylation is 1. The summed E-state index contributed by atoms with van der Waals surface area (Å²) in [7, 11) is -2.50. The van der Waals surface area contributed by atoms with E-state index in [1.807, 2.05) is 11.9 Å². The molecule has 1 aromatic heterocycles. The molecule has 0 aliphatic heterocycles. The Kier molecular flexibility index (Phi) is 3.49. The van der Waals surface area contributed by atoms with E-state index in [0.717, 1.165) is 16.2 Å². The van der Waals surface area contributed by atoms with E-state index in [1.165, 1.54) is 19.2 Å². The maximum Gasteiger partial charge on any atom is 0.329 e. The second kappa shape index (κ2) is 4.97. The molecule has 0 radical (unpaired) electrons. The first-order chi connectivity index (χ1) is 9.29. The summed E-state index contributed by atoms with van der Waals surface area (Å²) in [5.74, 6) is -0.0978. The van der Waals surface area contributed by atoms with Gasteiger partial charge in [-0.2, -0.15) is 0 Å². The highest BCUT2D eigenvalue weighted by atomic mass is 32.2. The Hall–Kier alpha value is -2.35. The van der Waals surface area contributed by atoms with E-state index >= 15 is 0 Å². The number of hydrogen-bond donors (Lipinski definition) is 2. The highest BCUT2D eigenvalue weighted by molar-refractivity contribution is 7.92. The molecular formula is C12H13N3O4S. The first-order valence-corrected chi connectivity index (χ1v) is 7.18. The Morgan fingerprint density at radius 1 is 1.15 bits per heavy atom. The average Bonchev–Trinajstić information content (AvgIpc) is 2.35. The van der Waals surface area contributed by atoms with Crippen LogP contribution in [0.3, 0.4) is 0 Å². The first kappa shape index (κ1) is 14.1. The summed E-state index contributed by atoms with van der Waals surface area (Å²) in [4.78, 5) is 24.7. The number of benzene rings is 1. The molecule has 2 aromatic rings. The van der Waals surface area contributed by atoms with Gasteiger partial charge in [-0.3, -0.25) is 19.1 Å². The van der Waals surface area contributed by atoms with Crippen molar-refractivity contribution in [2.75, 3.05) is 4.72 Å². The van der Waals surface area contributed by atoms with Crippen LogP contribution >= 0.6 is 0 Å². The van der Waals surface area contributed by atoms with Gasteiger partial charge in [-0.05, 0) is 19.1 Å². The Bertz CT molecular complexity index is 848. The minimum absolute atomic E-state index is 0.0517. The van der Waals surface area contributed by atoms with Gasteiger partial charge in [-0.25, -0.2) is 13.2 Å². The Balaban J connectivity index is 2.46. The molecule has 1 aromatic carbocycles. The zero-order valence-corrected chi connectivity index (χ0v) is 11.7. The molecule has 0 bridgehead atoms. The van der Waals surface area contributed by atoms with E-state index in [0.29, 0.717) is 0 Å². The van der Waals surface area contributed by atoms with Gasteiger partial charge in [0.25, 0.3) is 15.6 Å². The van der Waals surface area contributed by atoms with Crippen LogP contribution in [0.2, 0.25) is 0 Å². The summed E-state index contributed by atoms with van der Waals surface area (Å²) in [5.41, 5.74) is -0.443. The van der Waals surface area contributed by atoms with Crippen molar-refractivity contribution in [3.63, 3.8) is 0 Å². The second-order valence-electron chi connectivity index (χ2n) is 4.30. The minimum atomic E-state index is -3.85. The lowest BCUT2D eigenvalue weighted by atomic mass is 10.2. The van der Waals surface area contributed by atoms with Gasteiger partial charge in [0, 0.05) is 13.1 Å². The number of rotatable bonds is 3. The third kappa shape index (κ3) is 2.80. The number of nitrogens with one attached hydrogen (secondary N) is 2. The van der Waals surface area contributed by atoms with Gasteiger partial charge in [0.1, 0.15) is 5.82 Å². The third-order valence-corrected chi connectivity index (χ3v) is 4.10. The molecule has 1 heterocycles. The van der Waals surface area contributed by atoms with Crippen molar-refractivity contribution in [3.8, 4) is 0 Å². The standard InChI is InChI=1S/C12H13N3O4S/c1-8-3-5-9(6-4-8)20(18,19)14-10-7-11(16)13-12(17)15(10)2/h3-7,14H,1-2H3,(H,13,16,17). The van der Waals surface area contributed by atoms with Crippen LogP contribution in [0.1, 0.15) is 5.56 Å². The topological polar surface area (TPSA) is 101 Å². The van der Waals surface area contributed by atoms with Gasteiger partial charge in [0.2, 0.25) is 0 Å². The van der Waals surface area contributed by atoms with Crippen LogP contribution in [0.15, 0.2) is 44.8 Å². The van der Waals surface area contributed by atoms with Gasteiger partial charge in [0.05, 0.1) is 4.90 Å². The summed E-state index contributed by atoms with van der Waals surface area (Å²) < 4.78 is 27.5. The molecule has 0 spiro atoms. The number of aromatic amines is 1. The highest BCUT2D eigenvalue weighted by Gasteiger charge is 2.16. The number of H-pyrrole nitrogens is 1. The molecule has 0 aliphatic rings. The van der Waals surface area contributed by atoms with E-state index < -0.39 is 21.3 Å². The monoisotopic (exact) mass is 295 g/mol. The smallest absolute Gasteiger partial charge is 0.282 e. The predicted molar refractivity (Wildman–Crippen MR) is 74.3 cm³/mol. The lowest BCUT2D eigenvalue weighted by Gasteiger charge is -2.10.